The van der Waals surface area contributed by atoms with Crippen molar-refractivity contribution in [3.63, 3.8) is 0 Å². The molecule has 1 heterocycles. The SMILES string of the molecule is CC(C)(C)C(=O)/C(C#N)=C/c1ccc(CC(C)(C)C(=O)/C=C/c2c(O)cccc2F)cn1. The highest BCUT2D eigenvalue weighted by atomic mass is 19.1. The first-order valence-corrected chi connectivity index (χ1v) is 10.2. The van der Waals surface area contributed by atoms with E-state index in [4.69, 9.17) is 0 Å². The number of carbonyl (C=O) groups excluding carboxylic acids is 2. The molecular weight excluding hydrogens is 407 g/mol. The second-order valence-corrected chi connectivity index (χ2v) is 9.27. The molecule has 0 amide bonds. The molecule has 32 heavy (non-hydrogen) atoms. The number of hydrogen-bond donors (Lipinski definition) is 1. The number of phenolic OH excluding ortho intramolecular Hbond substituents is 1. The molecule has 5 nitrogen and oxygen atoms in total. The third-order valence-corrected chi connectivity index (χ3v) is 4.93. The fourth-order valence-corrected chi connectivity index (χ4v) is 3.00. The van der Waals surface area contributed by atoms with E-state index in [9.17, 15) is 24.3 Å². The average Bonchev–Trinajstić information content (AvgIpc) is 2.71. The maximum absolute atomic E-state index is 13.8. The Morgan fingerprint density at radius 1 is 1.16 bits per heavy atom. The largest absolute Gasteiger partial charge is 0.507 e. The Balaban J connectivity index is 2.16. The van der Waals surface area contributed by atoms with Crippen molar-refractivity contribution in [1.29, 1.82) is 5.26 Å². The van der Waals surface area contributed by atoms with Crippen LogP contribution in [-0.4, -0.2) is 21.7 Å². The van der Waals surface area contributed by atoms with Crippen molar-refractivity contribution in [3.8, 4) is 11.8 Å². The molecule has 0 saturated carbocycles. The highest BCUT2D eigenvalue weighted by Crippen LogP contribution is 2.26. The predicted molar refractivity (Wildman–Crippen MR) is 122 cm³/mol. The summed E-state index contributed by atoms with van der Waals surface area (Å²) in [6, 6.07) is 9.37. The summed E-state index contributed by atoms with van der Waals surface area (Å²) < 4.78 is 13.8. The standard InChI is InChI=1S/C26H27FN2O3/c1-25(2,3)24(32)18(15-28)13-19-10-9-17(16-29-19)14-26(4,5)23(31)12-11-20-21(27)7-6-8-22(20)30/h6-13,16,30H,14H2,1-5H3/b12-11+,18-13+. The summed E-state index contributed by atoms with van der Waals surface area (Å²) in [6.07, 6.45) is 5.97. The van der Waals surface area contributed by atoms with Gasteiger partial charge in [0, 0.05) is 17.0 Å². The van der Waals surface area contributed by atoms with E-state index >= 15 is 0 Å². The fraction of sp³-hybridized carbons (Fsp3) is 0.308. The van der Waals surface area contributed by atoms with Gasteiger partial charge in [0.15, 0.2) is 11.6 Å². The molecule has 6 heteroatoms. The number of phenols is 1. The lowest BCUT2D eigenvalue weighted by Crippen LogP contribution is -2.25. The van der Waals surface area contributed by atoms with Gasteiger partial charge < -0.3 is 5.11 Å². The van der Waals surface area contributed by atoms with Gasteiger partial charge in [-0.15, -0.1) is 0 Å². The van der Waals surface area contributed by atoms with E-state index in [1.54, 1.807) is 52.9 Å². The van der Waals surface area contributed by atoms with E-state index in [1.165, 1.54) is 36.4 Å². The van der Waals surface area contributed by atoms with Crippen molar-refractivity contribution in [3.05, 3.63) is 70.8 Å². The lowest BCUT2D eigenvalue weighted by atomic mass is 9.81. The van der Waals surface area contributed by atoms with Crippen molar-refractivity contribution in [2.24, 2.45) is 10.8 Å². The number of aromatic nitrogens is 1. The number of benzene rings is 1. The minimum atomic E-state index is -0.795. The van der Waals surface area contributed by atoms with Crippen molar-refractivity contribution in [1.82, 2.24) is 4.98 Å². The molecule has 2 aromatic rings. The lowest BCUT2D eigenvalue weighted by Gasteiger charge is -2.21. The zero-order valence-electron chi connectivity index (χ0n) is 18.9. The van der Waals surface area contributed by atoms with Gasteiger partial charge in [-0.25, -0.2) is 4.39 Å². The molecule has 0 aliphatic carbocycles. The molecule has 1 aromatic carbocycles. The average molecular weight is 435 g/mol. The molecule has 0 atom stereocenters. The van der Waals surface area contributed by atoms with Gasteiger partial charge >= 0.3 is 0 Å². The van der Waals surface area contributed by atoms with Gasteiger partial charge in [-0.1, -0.05) is 46.8 Å². The Morgan fingerprint density at radius 2 is 1.84 bits per heavy atom. The minimum absolute atomic E-state index is 0.0347. The van der Waals surface area contributed by atoms with Crippen LogP contribution in [0.5, 0.6) is 5.75 Å². The van der Waals surface area contributed by atoms with E-state index < -0.39 is 16.6 Å². The highest BCUT2D eigenvalue weighted by Gasteiger charge is 2.27. The van der Waals surface area contributed by atoms with Gasteiger partial charge in [0.05, 0.1) is 16.8 Å². The van der Waals surface area contributed by atoms with Gasteiger partial charge in [0.25, 0.3) is 0 Å². The van der Waals surface area contributed by atoms with Crippen molar-refractivity contribution >= 4 is 23.7 Å². The number of rotatable bonds is 7. The molecule has 0 saturated heterocycles. The molecule has 0 unspecified atom stereocenters. The monoisotopic (exact) mass is 434 g/mol. The molecule has 1 aromatic heterocycles. The predicted octanol–water partition coefficient (Wildman–Crippen LogP) is 5.30. The number of aromatic hydroxyl groups is 1. The normalized spacial score (nSPS) is 12.6. The second kappa shape index (κ2) is 9.69. The van der Waals surface area contributed by atoms with Gasteiger partial charge in [-0.3, -0.25) is 14.6 Å². The smallest absolute Gasteiger partial charge is 0.178 e. The van der Waals surface area contributed by atoms with Crippen molar-refractivity contribution < 1.29 is 19.1 Å². The van der Waals surface area contributed by atoms with Crippen LogP contribution in [0.15, 0.2) is 48.2 Å². The molecular formula is C26H27FN2O3. The first kappa shape index (κ1) is 24.7. The number of halogens is 1. The van der Waals surface area contributed by atoms with Crippen LogP contribution >= 0.6 is 0 Å². The van der Waals surface area contributed by atoms with Crippen molar-refractivity contribution in [2.45, 2.75) is 41.0 Å². The molecule has 0 aliphatic rings. The number of pyridine rings is 1. The van der Waals surface area contributed by atoms with Crippen LogP contribution in [0.3, 0.4) is 0 Å². The van der Waals surface area contributed by atoms with Gasteiger partial charge in [-0.05, 0) is 48.4 Å². The summed E-state index contributed by atoms with van der Waals surface area (Å²) in [6.45, 7) is 8.78. The van der Waals surface area contributed by atoms with E-state index in [0.717, 1.165) is 5.56 Å². The van der Waals surface area contributed by atoms with Gasteiger partial charge in [0.1, 0.15) is 17.6 Å². The van der Waals surface area contributed by atoms with Crippen LogP contribution < -0.4 is 0 Å². The molecule has 0 fully saturated rings. The second-order valence-electron chi connectivity index (χ2n) is 9.27. The summed E-state index contributed by atoms with van der Waals surface area (Å²) >= 11 is 0. The number of carbonyl (C=O) groups is 2. The minimum Gasteiger partial charge on any atom is -0.507 e. The molecule has 0 radical (unpaired) electrons. The Hall–Kier alpha value is -3.59. The Kier molecular flexibility index (Phi) is 7.48. The maximum atomic E-state index is 13.8. The maximum Gasteiger partial charge on any atom is 0.178 e. The van der Waals surface area contributed by atoms with Crippen LogP contribution in [0.2, 0.25) is 0 Å². The molecule has 2 rings (SSSR count). The zero-order valence-corrected chi connectivity index (χ0v) is 18.9. The summed E-state index contributed by atoms with van der Waals surface area (Å²) in [5.41, 5.74) is -0.192. The molecule has 1 N–H and O–H groups in total. The van der Waals surface area contributed by atoms with E-state index in [-0.39, 0.29) is 28.5 Å². The van der Waals surface area contributed by atoms with E-state index in [1.807, 2.05) is 6.07 Å². The number of nitrogens with zero attached hydrogens (tertiary/aromatic N) is 2. The zero-order chi connectivity index (χ0) is 24.1. The summed E-state index contributed by atoms with van der Waals surface area (Å²) in [7, 11) is 0. The molecule has 0 aliphatic heterocycles. The molecule has 0 spiro atoms. The van der Waals surface area contributed by atoms with Crippen LogP contribution in [0.25, 0.3) is 12.2 Å². The summed E-state index contributed by atoms with van der Waals surface area (Å²) in [4.78, 5) is 29.3. The summed E-state index contributed by atoms with van der Waals surface area (Å²) in [5.74, 6) is -1.33. The van der Waals surface area contributed by atoms with Crippen molar-refractivity contribution in [2.75, 3.05) is 0 Å². The third kappa shape index (κ3) is 6.21. The quantitative estimate of drug-likeness (QED) is 0.472. The van der Waals surface area contributed by atoms with E-state index in [2.05, 4.69) is 4.98 Å². The molecule has 0 bridgehead atoms. The Labute approximate surface area is 187 Å². The fourth-order valence-electron chi connectivity index (χ4n) is 3.00. The van der Waals surface area contributed by atoms with Gasteiger partial charge in [-0.2, -0.15) is 5.26 Å². The number of nitriles is 1. The highest BCUT2D eigenvalue weighted by molar-refractivity contribution is 6.06. The summed E-state index contributed by atoms with van der Waals surface area (Å²) in [5, 5.41) is 19.1. The Bertz CT molecular complexity index is 1090. The molecule has 166 valence electrons. The Morgan fingerprint density at radius 3 is 2.38 bits per heavy atom. The first-order valence-electron chi connectivity index (χ1n) is 10.2. The first-order chi connectivity index (χ1) is 14.8. The number of ketones is 2. The van der Waals surface area contributed by atoms with Gasteiger partial charge in [0.2, 0.25) is 0 Å². The van der Waals surface area contributed by atoms with Crippen LogP contribution in [0.4, 0.5) is 4.39 Å². The lowest BCUT2D eigenvalue weighted by molar-refractivity contribution is -0.122. The van der Waals surface area contributed by atoms with Crippen LogP contribution in [0, 0.1) is 28.0 Å². The third-order valence-electron chi connectivity index (χ3n) is 4.93. The van der Waals surface area contributed by atoms with E-state index in [0.29, 0.717) is 12.1 Å². The number of allylic oxidation sites excluding steroid dienone is 2. The topological polar surface area (TPSA) is 91.0 Å². The van der Waals surface area contributed by atoms with Crippen LogP contribution in [0.1, 0.15) is 51.4 Å². The number of hydrogen-bond acceptors (Lipinski definition) is 5. The number of Topliss-reactive ketones (excluding diaryl/α,β-unsaturated/α-hetero) is 1. The van der Waals surface area contributed by atoms with Crippen LogP contribution in [-0.2, 0) is 16.0 Å².